The number of rotatable bonds is 4. The number of hydrogen-bond acceptors (Lipinski definition) is 6. The summed E-state index contributed by atoms with van der Waals surface area (Å²) in [6.45, 7) is 1.09. The molecule has 3 rings (SSSR count). The van der Waals surface area contributed by atoms with E-state index in [1.165, 1.54) is 29.9 Å². The van der Waals surface area contributed by atoms with Crippen molar-refractivity contribution < 1.29 is 22.7 Å². The third kappa shape index (κ3) is 4.53. The number of sulfone groups is 1. The van der Waals surface area contributed by atoms with Gasteiger partial charge in [-0.05, 0) is 30.3 Å². The molecule has 9 heteroatoms. The van der Waals surface area contributed by atoms with Crippen LogP contribution in [0.4, 0.5) is 4.79 Å². The van der Waals surface area contributed by atoms with Gasteiger partial charge in [0, 0.05) is 50.1 Å². The van der Waals surface area contributed by atoms with E-state index < -0.39 is 9.84 Å². The average molecular weight is 406 g/mol. The van der Waals surface area contributed by atoms with Crippen LogP contribution >= 0.6 is 0 Å². The maximum absolute atomic E-state index is 12.4. The van der Waals surface area contributed by atoms with Crippen molar-refractivity contribution in [3.63, 3.8) is 0 Å². The van der Waals surface area contributed by atoms with Crippen LogP contribution in [0.2, 0.25) is 0 Å². The lowest BCUT2D eigenvalue weighted by Gasteiger charge is -2.31. The first-order valence-corrected chi connectivity index (χ1v) is 10.7. The Morgan fingerprint density at radius 2 is 1.75 bits per heavy atom. The molecule has 2 aromatic rings. The van der Waals surface area contributed by atoms with Gasteiger partial charge in [0.15, 0.2) is 9.84 Å². The van der Waals surface area contributed by atoms with Crippen molar-refractivity contribution >= 4 is 15.9 Å². The van der Waals surface area contributed by atoms with Crippen LogP contribution in [-0.4, -0.2) is 56.5 Å². The van der Waals surface area contributed by atoms with Gasteiger partial charge in [0.2, 0.25) is 0 Å². The van der Waals surface area contributed by atoms with Crippen molar-refractivity contribution in [1.82, 2.24) is 9.47 Å². The number of benzene rings is 1. The zero-order chi connectivity index (χ0) is 20.3. The van der Waals surface area contributed by atoms with Gasteiger partial charge in [-0.3, -0.25) is 9.36 Å². The van der Waals surface area contributed by atoms with Crippen molar-refractivity contribution in [2.45, 2.75) is 23.8 Å². The Hall–Kier alpha value is -2.81. The Balaban J connectivity index is 1.68. The van der Waals surface area contributed by atoms with Crippen molar-refractivity contribution in [1.29, 1.82) is 0 Å². The molecule has 8 nitrogen and oxygen atoms in total. The second kappa shape index (κ2) is 8.05. The molecule has 1 fully saturated rings. The standard InChI is InChI=1S/C19H22N2O6S/c1-26-19(23)20-10-7-15(8-11-20)27-16-9-12-21(18(22)13-16)14-3-5-17(6-4-14)28(2,24)25/h3-6,9,12-13,15H,7-8,10-11H2,1-2H3. The number of pyridine rings is 1. The van der Waals surface area contributed by atoms with Crippen LogP contribution in [0, 0.1) is 0 Å². The number of piperidine rings is 1. The maximum atomic E-state index is 12.4. The van der Waals surface area contributed by atoms with Crippen LogP contribution in [0.5, 0.6) is 5.75 Å². The maximum Gasteiger partial charge on any atom is 0.409 e. The van der Waals surface area contributed by atoms with Crippen molar-refractivity contribution in [3.8, 4) is 11.4 Å². The summed E-state index contributed by atoms with van der Waals surface area (Å²) in [5.74, 6) is 0.463. The van der Waals surface area contributed by atoms with Gasteiger partial charge in [-0.2, -0.15) is 0 Å². The second-order valence-electron chi connectivity index (χ2n) is 6.61. The fourth-order valence-corrected chi connectivity index (χ4v) is 3.71. The number of aromatic nitrogens is 1. The normalized spacial score (nSPS) is 15.3. The highest BCUT2D eigenvalue weighted by molar-refractivity contribution is 7.90. The first-order valence-electron chi connectivity index (χ1n) is 8.80. The molecule has 0 spiro atoms. The van der Waals surface area contributed by atoms with Crippen LogP contribution in [0.3, 0.4) is 0 Å². The monoisotopic (exact) mass is 406 g/mol. The van der Waals surface area contributed by atoms with Gasteiger partial charge in [-0.1, -0.05) is 0 Å². The summed E-state index contributed by atoms with van der Waals surface area (Å²) in [4.78, 5) is 25.8. The van der Waals surface area contributed by atoms with Gasteiger partial charge >= 0.3 is 6.09 Å². The molecular formula is C19H22N2O6S. The Morgan fingerprint density at radius 1 is 1.11 bits per heavy atom. The Kier molecular flexibility index (Phi) is 5.73. The van der Waals surface area contributed by atoms with Crippen molar-refractivity contribution in [2.24, 2.45) is 0 Å². The van der Waals surface area contributed by atoms with Crippen molar-refractivity contribution in [2.75, 3.05) is 26.5 Å². The first-order chi connectivity index (χ1) is 13.3. The molecule has 150 valence electrons. The predicted octanol–water partition coefficient (Wildman–Crippen LogP) is 1.85. The smallest absolute Gasteiger partial charge is 0.409 e. The van der Waals surface area contributed by atoms with Crippen LogP contribution in [0.15, 0.2) is 52.3 Å². The third-order valence-electron chi connectivity index (χ3n) is 4.61. The number of amides is 1. The van der Waals surface area contributed by atoms with Gasteiger partial charge in [-0.15, -0.1) is 0 Å². The van der Waals surface area contributed by atoms with E-state index in [1.807, 2.05) is 0 Å². The summed E-state index contributed by atoms with van der Waals surface area (Å²) in [5, 5.41) is 0. The van der Waals surface area contributed by atoms with Gasteiger partial charge in [0.1, 0.15) is 11.9 Å². The summed E-state index contributed by atoms with van der Waals surface area (Å²) >= 11 is 0. The van der Waals surface area contributed by atoms with Crippen LogP contribution in [0.1, 0.15) is 12.8 Å². The minimum Gasteiger partial charge on any atom is -0.490 e. The second-order valence-corrected chi connectivity index (χ2v) is 8.63. The van der Waals surface area contributed by atoms with Crippen LogP contribution in [0.25, 0.3) is 5.69 Å². The molecule has 1 aliphatic rings. The minimum atomic E-state index is -3.29. The Morgan fingerprint density at radius 3 is 2.29 bits per heavy atom. The molecule has 0 unspecified atom stereocenters. The van der Waals surface area contributed by atoms with E-state index in [0.717, 1.165) is 6.26 Å². The zero-order valence-electron chi connectivity index (χ0n) is 15.7. The quantitative estimate of drug-likeness (QED) is 0.769. The molecule has 1 amide bonds. The minimum absolute atomic E-state index is 0.0785. The van der Waals surface area contributed by atoms with E-state index in [9.17, 15) is 18.0 Å². The van der Waals surface area contributed by atoms with Crippen molar-refractivity contribution in [3.05, 3.63) is 52.9 Å². The lowest BCUT2D eigenvalue weighted by Crippen LogP contribution is -2.41. The van der Waals surface area contributed by atoms with E-state index >= 15 is 0 Å². The van der Waals surface area contributed by atoms with Crippen LogP contribution < -0.4 is 10.3 Å². The molecule has 28 heavy (non-hydrogen) atoms. The summed E-state index contributed by atoms with van der Waals surface area (Å²) in [5.41, 5.74) is 0.284. The molecule has 0 aliphatic carbocycles. The molecular weight excluding hydrogens is 384 g/mol. The number of hydrogen-bond donors (Lipinski definition) is 0. The highest BCUT2D eigenvalue weighted by atomic mass is 32.2. The SMILES string of the molecule is COC(=O)N1CCC(Oc2ccn(-c3ccc(S(C)(=O)=O)cc3)c(=O)c2)CC1. The molecule has 2 heterocycles. The van der Waals surface area contributed by atoms with E-state index in [4.69, 9.17) is 9.47 Å². The fraction of sp³-hybridized carbons (Fsp3) is 0.368. The fourth-order valence-electron chi connectivity index (χ4n) is 3.08. The summed E-state index contributed by atoms with van der Waals surface area (Å²) in [6.07, 6.45) is 3.62. The average Bonchev–Trinajstić information content (AvgIpc) is 2.67. The molecule has 0 radical (unpaired) electrons. The summed E-state index contributed by atoms with van der Waals surface area (Å²) in [7, 11) is -1.93. The molecule has 1 aromatic heterocycles. The molecule has 0 N–H and O–H groups in total. The molecule has 0 saturated carbocycles. The predicted molar refractivity (Wildman–Crippen MR) is 103 cm³/mol. The van der Waals surface area contributed by atoms with Gasteiger partial charge in [0.05, 0.1) is 12.0 Å². The molecule has 1 aliphatic heterocycles. The summed E-state index contributed by atoms with van der Waals surface area (Å²) < 4.78 is 35.1. The van der Waals surface area contributed by atoms with Gasteiger partial charge in [0.25, 0.3) is 5.56 Å². The largest absolute Gasteiger partial charge is 0.490 e. The molecule has 0 atom stereocenters. The van der Waals surface area contributed by atoms with E-state index in [0.29, 0.717) is 37.4 Å². The van der Waals surface area contributed by atoms with E-state index in [1.54, 1.807) is 29.3 Å². The Bertz CT molecular complexity index is 1010. The van der Waals surface area contributed by atoms with E-state index in [2.05, 4.69) is 0 Å². The van der Waals surface area contributed by atoms with Gasteiger partial charge in [-0.25, -0.2) is 13.2 Å². The topological polar surface area (TPSA) is 94.9 Å². The lowest BCUT2D eigenvalue weighted by atomic mass is 10.1. The highest BCUT2D eigenvalue weighted by Crippen LogP contribution is 2.19. The number of carbonyl (C=O) groups is 1. The van der Waals surface area contributed by atoms with Gasteiger partial charge < -0.3 is 14.4 Å². The molecule has 1 aromatic carbocycles. The molecule has 1 saturated heterocycles. The van der Waals surface area contributed by atoms with E-state index in [-0.39, 0.29) is 22.7 Å². The lowest BCUT2D eigenvalue weighted by molar-refractivity contribution is 0.0790. The number of methoxy groups -OCH3 is 1. The number of nitrogens with zero attached hydrogens (tertiary/aromatic N) is 2. The molecule has 0 bridgehead atoms. The van der Waals surface area contributed by atoms with Crippen LogP contribution in [-0.2, 0) is 14.6 Å². The number of likely N-dealkylation sites (tertiary alicyclic amines) is 1. The number of ether oxygens (including phenoxy) is 2. The Labute approximate surface area is 163 Å². The first kappa shape index (κ1) is 19.9. The summed E-state index contributed by atoms with van der Waals surface area (Å²) in [6, 6.07) is 9.20. The highest BCUT2D eigenvalue weighted by Gasteiger charge is 2.24. The third-order valence-corrected chi connectivity index (χ3v) is 5.74. The zero-order valence-corrected chi connectivity index (χ0v) is 16.5. The number of carbonyl (C=O) groups excluding carboxylic acids is 1.